The quantitative estimate of drug-likeness (QED) is 0.549. The lowest BCUT2D eigenvalue weighted by Crippen LogP contribution is -2.09. The summed E-state index contributed by atoms with van der Waals surface area (Å²) < 4.78 is 5.98. The summed E-state index contributed by atoms with van der Waals surface area (Å²) in [5, 5.41) is 2.87. The second kappa shape index (κ2) is 10.2. The van der Waals surface area contributed by atoms with E-state index in [9.17, 15) is 4.79 Å². The normalized spacial score (nSPS) is 13.0. The van der Waals surface area contributed by atoms with Crippen LogP contribution in [0.5, 0.6) is 5.75 Å². The Kier molecular flexibility index (Phi) is 8.66. The molecule has 0 saturated heterocycles. The Bertz CT molecular complexity index is 793. The van der Waals surface area contributed by atoms with Gasteiger partial charge in [-0.3, -0.25) is 4.79 Å². The molecule has 2 radical (unpaired) electrons. The standard InChI is InChI=1S/C17H13BBrNO2.2C2H6/c1-9-3-4-15-11(5-9)12(17(21)20-15)6-10-7-13(18)16(22-2)14(19)8-10;2*1-2/h3-8H,1-2H3,(H,20,21);2*1-2H3/b12-6-;;. The Labute approximate surface area is 166 Å². The van der Waals surface area contributed by atoms with Crippen LogP contribution < -0.4 is 15.5 Å². The number of hydrogen-bond donors (Lipinski definition) is 1. The van der Waals surface area contributed by atoms with E-state index in [-0.39, 0.29) is 5.91 Å². The maximum Gasteiger partial charge on any atom is 0.256 e. The molecule has 2 aromatic carbocycles. The number of benzene rings is 2. The third-order valence-corrected chi connectivity index (χ3v) is 4.16. The molecule has 3 rings (SSSR count). The number of aryl methyl sites for hydroxylation is 1. The van der Waals surface area contributed by atoms with Crippen LogP contribution in [0.15, 0.2) is 34.8 Å². The highest BCUT2D eigenvalue weighted by molar-refractivity contribution is 9.10. The zero-order valence-electron chi connectivity index (χ0n) is 16.2. The van der Waals surface area contributed by atoms with Crippen LogP contribution in [0, 0.1) is 6.92 Å². The first-order chi connectivity index (χ1) is 12.5. The number of fused-ring (bicyclic) bond motifs is 1. The molecule has 0 atom stereocenters. The van der Waals surface area contributed by atoms with Crippen LogP contribution in [0.1, 0.15) is 44.4 Å². The molecule has 136 valence electrons. The van der Waals surface area contributed by atoms with Crippen molar-refractivity contribution in [2.24, 2.45) is 0 Å². The van der Waals surface area contributed by atoms with E-state index in [0.29, 0.717) is 16.8 Å². The van der Waals surface area contributed by atoms with Crippen LogP contribution >= 0.6 is 15.9 Å². The van der Waals surface area contributed by atoms with E-state index < -0.39 is 0 Å². The maximum atomic E-state index is 12.2. The van der Waals surface area contributed by atoms with Gasteiger partial charge in [0, 0.05) is 16.8 Å². The van der Waals surface area contributed by atoms with Gasteiger partial charge in [-0.15, -0.1) is 0 Å². The van der Waals surface area contributed by atoms with Gasteiger partial charge in [-0.25, -0.2) is 0 Å². The third-order valence-electron chi connectivity index (χ3n) is 3.57. The Morgan fingerprint density at radius 3 is 2.35 bits per heavy atom. The lowest BCUT2D eigenvalue weighted by atomic mass is 9.92. The molecule has 26 heavy (non-hydrogen) atoms. The van der Waals surface area contributed by atoms with Crippen LogP contribution in [0.2, 0.25) is 0 Å². The predicted octanol–water partition coefficient (Wildman–Crippen LogP) is 5.11. The van der Waals surface area contributed by atoms with E-state index in [1.54, 1.807) is 13.2 Å². The highest BCUT2D eigenvalue weighted by atomic mass is 79.9. The summed E-state index contributed by atoms with van der Waals surface area (Å²) in [6, 6.07) is 9.56. The minimum Gasteiger partial charge on any atom is -0.496 e. The molecule has 0 spiro atoms. The summed E-state index contributed by atoms with van der Waals surface area (Å²) in [4.78, 5) is 12.2. The van der Waals surface area contributed by atoms with E-state index in [1.807, 2.05) is 65.0 Å². The molecule has 0 aromatic heterocycles. The SMILES string of the molecule is CC.CC.[B]c1cc(/C=C2\C(=O)Nc3ccc(C)cc32)cc(Br)c1OC. The van der Waals surface area contributed by atoms with Crippen molar-refractivity contribution in [2.75, 3.05) is 12.4 Å². The highest BCUT2D eigenvalue weighted by Crippen LogP contribution is 2.34. The Morgan fingerprint density at radius 1 is 1.12 bits per heavy atom. The number of methoxy groups -OCH3 is 1. The molecule has 3 nitrogen and oxygen atoms in total. The van der Waals surface area contributed by atoms with E-state index in [4.69, 9.17) is 12.6 Å². The summed E-state index contributed by atoms with van der Waals surface area (Å²) in [5.41, 5.74) is 4.85. The van der Waals surface area contributed by atoms with Crippen LogP contribution in [-0.2, 0) is 4.79 Å². The molecule has 5 heteroatoms. The number of carbonyl (C=O) groups excluding carboxylic acids is 1. The zero-order valence-corrected chi connectivity index (χ0v) is 17.8. The summed E-state index contributed by atoms with van der Waals surface area (Å²) >= 11 is 3.43. The molecule has 1 heterocycles. The minimum atomic E-state index is -0.105. The monoisotopic (exact) mass is 413 g/mol. The lowest BCUT2D eigenvalue weighted by molar-refractivity contribution is -0.110. The van der Waals surface area contributed by atoms with Gasteiger partial charge in [-0.2, -0.15) is 0 Å². The maximum absolute atomic E-state index is 12.2. The predicted molar refractivity (Wildman–Crippen MR) is 116 cm³/mol. The fourth-order valence-corrected chi connectivity index (χ4v) is 3.20. The molecule has 0 bridgehead atoms. The van der Waals surface area contributed by atoms with Crippen molar-refractivity contribution in [3.8, 4) is 5.75 Å². The van der Waals surface area contributed by atoms with Gasteiger partial charge in [0.15, 0.2) is 0 Å². The van der Waals surface area contributed by atoms with Crippen molar-refractivity contribution in [1.29, 1.82) is 0 Å². The van der Waals surface area contributed by atoms with Crippen LogP contribution in [0.4, 0.5) is 5.69 Å². The summed E-state index contributed by atoms with van der Waals surface area (Å²) in [6.07, 6.45) is 1.83. The molecule has 1 amide bonds. The second-order valence-electron chi connectivity index (χ2n) is 5.19. The first-order valence-electron chi connectivity index (χ1n) is 8.76. The van der Waals surface area contributed by atoms with E-state index in [2.05, 4.69) is 21.2 Å². The molecule has 1 aliphatic rings. The molecular weight excluding hydrogens is 389 g/mol. The second-order valence-corrected chi connectivity index (χ2v) is 6.04. The zero-order chi connectivity index (χ0) is 19.9. The molecule has 1 N–H and O–H groups in total. The largest absolute Gasteiger partial charge is 0.496 e. The van der Waals surface area contributed by atoms with Crippen LogP contribution in [0.3, 0.4) is 0 Å². The van der Waals surface area contributed by atoms with Gasteiger partial charge >= 0.3 is 0 Å². The van der Waals surface area contributed by atoms with Crippen molar-refractivity contribution in [1.82, 2.24) is 0 Å². The summed E-state index contributed by atoms with van der Waals surface area (Å²) in [5.74, 6) is 0.486. The lowest BCUT2D eigenvalue weighted by Gasteiger charge is -2.09. The Hall–Kier alpha value is -2.01. The fourth-order valence-electron chi connectivity index (χ4n) is 2.55. The number of amides is 1. The van der Waals surface area contributed by atoms with Gasteiger partial charge < -0.3 is 10.1 Å². The number of rotatable bonds is 2. The Balaban J connectivity index is 0.000000791. The molecule has 0 fully saturated rings. The van der Waals surface area contributed by atoms with Gasteiger partial charge in [0.1, 0.15) is 13.6 Å². The average Bonchev–Trinajstić information content (AvgIpc) is 2.93. The van der Waals surface area contributed by atoms with Crippen molar-refractivity contribution in [3.63, 3.8) is 0 Å². The number of hydrogen-bond acceptors (Lipinski definition) is 2. The van der Waals surface area contributed by atoms with Crippen molar-refractivity contribution in [2.45, 2.75) is 34.6 Å². The molecule has 0 saturated carbocycles. The topological polar surface area (TPSA) is 38.3 Å². The van der Waals surface area contributed by atoms with Gasteiger partial charge in [-0.05, 0) is 52.7 Å². The summed E-state index contributed by atoms with van der Waals surface area (Å²) in [7, 11) is 7.54. The van der Waals surface area contributed by atoms with Gasteiger partial charge in [-0.1, -0.05) is 50.9 Å². The van der Waals surface area contributed by atoms with Crippen molar-refractivity contribution < 1.29 is 9.53 Å². The van der Waals surface area contributed by atoms with Crippen molar-refractivity contribution >= 4 is 52.5 Å². The first kappa shape index (κ1) is 22.0. The van der Waals surface area contributed by atoms with Crippen LogP contribution in [-0.4, -0.2) is 20.9 Å². The van der Waals surface area contributed by atoms with E-state index in [0.717, 1.165) is 26.9 Å². The molecule has 2 aromatic rings. The molecule has 0 aliphatic carbocycles. The average molecular weight is 414 g/mol. The number of halogens is 1. The fraction of sp³-hybridized carbons (Fsp3) is 0.286. The third kappa shape index (κ3) is 4.79. The Morgan fingerprint density at radius 2 is 1.77 bits per heavy atom. The van der Waals surface area contributed by atoms with Gasteiger partial charge in [0.25, 0.3) is 5.91 Å². The highest BCUT2D eigenvalue weighted by Gasteiger charge is 2.24. The number of nitrogens with one attached hydrogen (secondary N) is 1. The van der Waals surface area contributed by atoms with E-state index >= 15 is 0 Å². The smallest absolute Gasteiger partial charge is 0.256 e. The molecule has 1 aliphatic heterocycles. The van der Waals surface area contributed by atoms with Gasteiger partial charge in [0.2, 0.25) is 0 Å². The summed E-state index contributed by atoms with van der Waals surface area (Å²) in [6.45, 7) is 10.0. The minimum absolute atomic E-state index is 0.105. The van der Waals surface area contributed by atoms with Gasteiger partial charge in [0.05, 0.1) is 11.6 Å². The number of carbonyl (C=O) groups is 1. The first-order valence-corrected chi connectivity index (χ1v) is 9.56. The number of anilines is 1. The van der Waals surface area contributed by atoms with E-state index in [1.165, 1.54) is 0 Å². The molecule has 0 unspecified atom stereocenters. The van der Waals surface area contributed by atoms with Crippen LogP contribution in [0.25, 0.3) is 11.6 Å². The van der Waals surface area contributed by atoms with Crippen molar-refractivity contribution in [3.05, 3.63) is 51.5 Å². The molecular formula is C21H25BBrNO2. The number of ether oxygens (including phenoxy) is 1.